The van der Waals surface area contributed by atoms with Gasteiger partial charge in [0.25, 0.3) is 0 Å². The van der Waals surface area contributed by atoms with Crippen LogP contribution in [-0.4, -0.2) is 26.1 Å². The molecule has 7 heteroatoms. The number of halogens is 2. The molecule has 1 amide bonds. The van der Waals surface area contributed by atoms with Crippen molar-refractivity contribution in [1.82, 2.24) is 5.32 Å². The topological polar surface area (TPSA) is 63.2 Å². The van der Waals surface area contributed by atoms with Crippen LogP contribution in [0.5, 0.6) is 0 Å². The Morgan fingerprint density at radius 3 is 2.65 bits per heavy atom. The van der Waals surface area contributed by atoms with Crippen molar-refractivity contribution in [3.05, 3.63) is 46.5 Å². The summed E-state index contributed by atoms with van der Waals surface area (Å²) >= 11 is 11.7. The number of hydrogen-bond acceptors (Lipinski definition) is 3. The molecule has 1 aromatic carbocycles. The van der Waals surface area contributed by atoms with Gasteiger partial charge in [-0.05, 0) is 24.6 Å². The molecule has 0 aliphatic heterocycles. The van der Waals surface area contributed by atoms with Crippen molar-refractivity contribution in [3.63, 3.8) is 0 Å². The van der Waals surface area contributed by atoms with Gasteiger partial charge in [0, 0.05) is 16.6 Å². The SMILES string of the molecule is C=CCNC(=O)C(C)S(=O)(=O)Cc1ccc(Cl)cc1Cl. The number of amides is 1. The van der Waals surface area contributed by atoms with Crippen LogP contribution in [0, 0.1) is 0 Å². The molecule has 0 heterocycles. The maximum atomic E-state index is 12.2. The highest BCUT2D eigenvalue weighted by atomic mass is 35.5. The lowest BCUT2D eigenvalue weighted by molar-refractivity contribution is -0.120. The van der Waals surface area contributed by atoms with Crippen LogP contribution in [0.1, 0.15) is 12.5 Å². The van der Waals surface area contributed by atoms with Crippen molar-refractivity contribution in [1.29, 1.82) is 0 Å². The molecule has 0 saturated heterocycles. The summed E-state index contributed by atoms with van der Waals surface area (Å²) in [5, 5.41) is 1.99. The Hall–Kier alpha value is -1.04. The van der Waals surface area contributed by atoms with E-state index in [0.717, 1.165) is 0 Å². The second-order valence-corrected chi connectivity index (χ2v) is 7.38. The normalized spacial score (nSPS) is 12.8. The molecule has 0 fully saturated rings. The van der Waals surface area contributed by atoms with Gasteiger partial charge in [-0.3, -0.25) is 4.79 Å². The molecule has 1 rings (SSSR count). The summed E-state index contributed by atoms with van der Waals surface area (Å²) < 4.78 is 24.3. The standard InChI is InChI=1S/C13H15Cl2NO3S/c1-3-6-16-13(17)9(2)20(18,19)8-10-4-5-11(14)7-12(10)15/h3-5,7,9H,1,6,8H2,2H3,(H,16,17). The van der Waals surface area contributed by atoms with Gasteiger partial charge in [0.1, 0.15) is 5.25 Å². The summed E-state index contributed by atoms with van der Waals surface area (Å²) in [5.74, 6) is -0.874. The first-order chi connectivity index (χ1) is 9.27. The zero-order valence-corrected chi connectivity index (χ0v) is 13.2. The lowest BCUT2D eigenvalue weighted by Crippen LogP contribution is -2.38. The van der Waals surface area contributed by atoms with E-state index >= 15 is 0 Å². The third-order valence-corrected chi connectivity index (χ3v) is 5.29. The Bertz CT molecular complexity index is 614. The van der Waals surface area contributed by atoms with Crippen molar-refractivity contribution >= 4 is 38.9 Å². The Balaban J connectivity index is 2.88. The molecule has 0 spiro atoms. The number of benzene rings is 1. The van der Waals surface area contributed by atoms with Crippen LogP contribution in [0.2, 0.25) is 10.0 Å². The zero-order valence-electron chi connectivity index (χ0n) is 10.9. The van der Waals surface area contributed by atoms with Gasteiger partial charge in [0.2, 0.25) is 5.91 Å². The van der Waals surface area contributed by atoms with Gasteiger partial charge in [0.05, 0.1) is 5.75 Å². The average Bonchev–Trinajstić information content (AvgIpc) is 2.38. The highest BCUT2D eigenvalue weighted by Gasteiger charge is 2.28. The van der Waals surface area contributed by atoms with Gasteiger partial charge < -0.3 is 5.32 Å². The summed E-state index contributed by atoms with van der Waals surface area (Å²) in [6.45, 7) is 5.02. The number of sulfone groups is 1. The van der Waals surface area contributed by atoms with Crippen LogP contribution >= 0.6 is 23.2 Å². The van der Waals surface area contributed by atoms with Gasteiger partial charge in [-0.2, -0.15) is 0 Å². The van der Waals surface area contributed by atoms with Crippen LogP contribution in [-0.2, 0) is 20.4 Å². The lowest BCUT2D eigenvalue weighted by atomic mass is 10.2. The summed E-state index contributed by atoms with van der Waals surface area (Å²) in [6, 6.07) is 4.56. The molecular weight excluding hydrogens is 321 g/mol. The summed E-state index contributed by atoms with van der Waals surface area (Å²) in [7, 11) is -3.65. The third-order valence-electron chi connectivity index (χ3n) is 2.70. The Kier molecular flexibility index (Phi) is 6.05. The fourth-order valence-electron chi connectivity index (χ4n) is 1.46. The molecule has 0 aliphatic rings. The van der Waals surface area contributed by atoms with E-state index in [1.807, 2.05) is 0 Å². The second kappa shape index (κ2) is 7.11. The average molecular weight is 336 g/mol. The van der Waals surface area contributed by atoms with E-state index in [9.17, 15) is 13.2 Å². The first-order valence-corrected chi connectivity index (χ1v) is 8.29. The monoisotopic (exact) mass is 335 g/mol. The van der Waals surface area contributed by atoms with Crippen molar-refractivity contribution in [2.45, 2.75) is 17.9 Å². The maximum absolute atomic E-state index is 12.2. The number of carbonyl (C=O) groups excluding carboxylic acids is 1. The molecule has 4 nitrogen and oxygen atoms in total. The Labute approximate surface area is 128 Å². The first-order valence-electron chi connectivity index (χ1n) is 5.82. The molecule has 0 aliphatic carbocycles. The number of rotatable bonds is 6. The molecule has 1 aromatic rings. The maximum Gasteiger partial charge on any atom is 0.238 e. The molecular formula is C13H15Cl2NO3S. The molecule has 0 aromatic heterocycles. The third kappa shape index (κ3) is 4.51. The van der Waals surface area contributed by atoms with Gasteiger partial charge in [0.15, 0.2) is 9.84 Å². The minimum absolute atomic E-state index is 0.223. The highest BCUT2D eigenvalue weighted by molar-refractivity contribution is 7.92. The first kappa shape index (κ1) is 17.0. The summed E-state index contributed by atoms with van der Waals surface area (Å²) in [6.07, 6.45) is 1.48. The number of hydrogen-bond donors (Lipinski definition) is 1. The van der Waals surface area contributed by atoms with E-state index in [0.29, 0.717) is 10.6 Å². The van der Waals surface area contributed by atoms with E-state index in [4.69, 9.17) is 23.2 Å². The predicted octanol–water partition coefficient (Wildman–Crippen LogP) is 2.60. The highest BCUT2D eigenvalue weighted by Crippen LogP contribution is 2.23. The largest absolute Gasteiger partial charge is 0.352 e. The lowest BCUT2D eigenvalue weighted by Gasteiger charge is -2.13. The molecule has 1 unspecified atom stereocenters. The summed E-state index contributed by atoms with van der Waals surface area (Å²) in [4.78, 5) is 11.7. The van der Waals surface area contributed by atoms with Crippen LogP contribution < -0.4 is 5.32 Å². The Morgan fingerprint density at radius 1 is 1.45 bits per heavy atom. The van der Waals surface area contributed by atoms with Crippen LogP contribution in [0.25, 0.3) is 0 Å². The molecule has 0 bridgehead atoms. The van der Waals surface area contributed by atoms with Crippen molar-refractivity contribution in [2.24, 2.45) is 0 Å². The van der Waals surface area contributed by atoms with E-state index in [-0.39, 0.29) is 17.3 Å². The van der Waals surface area contributed by atoms with E-state index < -0.39 is 21.0 Å². The van der Waals surface area contributed by atoms with E-state index in [1.165, 1.54) is 25.1 Å². The molecule has 1 atom stereocenters. The minimum atomic E-state index is -3.65. The molecule has 0 radical (unpaired) electrons. The second-order valence-electron chi connectivity index (χ2n) is 4.22. The van der Waals surface area contributed by atoms with Crippen LogP contribution in [0.4, 0.5) is 0 Å². The van der Waals surface area contributed by atoms with Gasteiger partial charge in [-0.25, -0.2) is 8.42 Å². The fraction of sp³-hybridized carbons (Fsp3) is 0.308. The van der Waals surface area contributed by atoms with Crippen molar-refractivity contribution < 1.29 is 13.2 Å². The molecule has 1 N–H and O–H groups in total. The minimum Gasteiger partial charge on any atom is -0.352 e. The van der Waals surface area contributed by atoms with Gasteiger partial charge >= 0.3 is 0 Å². The smallest absolute Gasteiger partial charge is 0.238 e. The van der Waals surface area contributed by atoms with E-state index in [2.05, 4.69) is 11.9 Å². The number of nitrogens with one attached hydrogen (secondary N) is 1. The quantitative estimate of drug-likeness (QED) is 0.812. The zero-order chi connectivity index (χ0) is 15.3. The predicted molar refractivity (Wildman–Crippen MR) is 81.8 cm³/mol. The molecule has 20 heavy (non-hydrogen) atoms. The van der Waals surface area contributed by atoms with E-state index in [1.54, 1.807) is 6.07 Å². The van der Waals surface area contributed by atoms with Crippen LogP contribution in [0.15, 0.2) is 30.9 Å². The van der Waals surface area contributed by atoms with Crippen molar-refractivity contribution in [2.75, 3.05) is 6.54 Å². The van der Waals surface area contributed by atoms with Crippen molar-refractivity contribution in [3.8, 4) is 0 Å². The Morgan fingerprint density at radius 2 is 2.10 bits per heavy atom. The fourth-order valence-corrected chi connectivity index (χ4v) is 3.36. The van der Waals surface area contributed by atoms with Crippen LogP contribution in [0.3, 0.4) is 0 Å². The van der Waals surface area contributed by atoms with Gasteiger partial charge in [-0.1, -0.05) is 35.3 Å². The molecule has 0 saturated carbocycles. The van der Waals surface area contributed by atoms with Gasteiger partial charge in [-0.15, -0.1) is 6.58 Å². The summed E-state index contributed by atoms with van der Waals surface area (Å²) in [5.41, 5.74) is 0.416. The number of carbonyl (C=O) groups is 1. The molecule has 110 valence electrons.